The highest BCUT2D eigenvalue weighted by molar-refractivity contribution is 7.12. The Labute approximate surface area is 145 Å². The van der Waals surface area contributed by atoms with Gasteiger partial charge in [0.1, 0.15) is 0 Å². The largest absolute Gasteiger partial charge is 0.349 e. The van der Waals surface area contributed by atoms with Gasteiger partial charge >= 0.3 is 0 Å². The molecule has 6 heteroatoms. The molecule has 0 aromatic carbocycles. The standard InChI is InChI=1S/C18H21N3O2S/c1-13(14-6-8-19-9-7-14)20-17(22)15-4-2-10-21(12-15)18(23)16-5-3-11-24-16/h3,5-9,11,13,15H,2,4,10,12H2,1H3,(H,20,22)/t13-,15+/m1/s1. The van der Waals surface area contributed by atoms with Gasteiger partial charge in [-0.2, -0.15) is 0 Å². The SMILES string of the molecule is C[C@@H](NC(=O)[C@H]1CCCN(C(=O)c2cccs2)C1)c1ccncc1. The lowest BCUT2D eigenvalue weighted by Crippen LogP contribution is -2.45. The second-order valence-electron chi connectivity index (χ2n) is 6.08. The highest BCUT2D eigenvalue weighted by Gasteiger charge is 2.29. The smallest absolute Gasteiger partial charge is 0.263 e. The summed E-state index contributed by atoms with van der Waals surface area (Å²) < 4.78 is 0. The second kappa shape index (κ2) is 7.57. The van der Waals surface area contributed by atoms with Crippen molar-refractivity contribution in [1.82, 2.24) is 15.2 Å². The third-order valence-corrected chi connectivity index (χ3v) is 5.23. The maximum atomic E-state index is 12.6. The number of carbonyl (C=O) groups is 2. The van der Waals surface area contributed by atoms with Gasteiger partial charge < -0.3 is 10.2 Å². The summed E-state index contributed by atoms with van der Waals surface area (Å²) in [7, 11) is 0. The molecule has 0 saturated carbocycles. The van der Waals surface area contributed by atoms with E-state index in [2.05, 4.69) is 10.3 Å². The van der Waals surface area contributed by atoms with Crippen LogP contribution in [0.4, 0.5) is 0 Å². The van der Waals surface area contributed by atoms with Gasteiger partial charge in [0.15, 0.2) is 0 Å². The molecule has 1 aliphatic heterocycles. The van der Waals surface area contributed by atoms with Crippen molar-refractivity contribution in [3.8, 4) is 0 Å². The average Bonchev–Trinajstić information content (AvgIpc) is 3.16. The number of rotatable bonds is 4. The van der Waals surface area contributed by atoms with E-state index in [-0.39, 0.29) is 23.8 Å². The number of hydrogen-bond donors (Lipinski definition) is 1. The lowest BCUT2D eigenvalue weighted by Gasteiger charge is -2.32. The summed E-state index contributed by atoms with van der Waals surface area (Å²) in [5.41, 5.74) is 1.03. The fourth-order valence-electron chi connectivity index (χ4n) is 3.00. The molecule has 1 saturated heterocycles. The number of aromatic nitrogens is 1. The van der Waals surface area contributed by atoms with Crippen LogP contribution in [0, 0.1) is 5.92 Å². The van der Waals surface area contributed by atoms with Gasteiger partial charge in [0, 0.05) is 25.5 Å². The van der Waals surface area contributed by atoms with E-state index in [1.165, 1.54) is 11.3 Å². The average molecular weight is 343 g/mol. The number of piperidine rings is 1. The number of amides is 2. The zero-order valence-electron chi connectivity index (χ0n) is 13.6. The topological polar surface area (TPSA) is 62.3 Å². The molecule has 2 amide bonds. The first-order chi connectivity index (χ1) is 11.6. The summed E-state index contributed by atoms with van der Waals surface area (Å²) in [4.78, 5) is 31.6. The van der Waals surface area contributed by atoms with E-state index in [1.54, 1.807) is 17.3 Å². The van der Waals surface area contributed by atoms with Gasteiger partial charge in [-0.3, -0.25) is 14.6 Å². The molecule has 3 rings (SSSR count). The van der Waals surface area contributed by atoms with Gasteiger partial charge in [-0.25, -0.2) is 0 Å². The zero-order chi connectivity index (χ0) is 16.9. The zero-order valence-corrected chi connectivity index (χ0v) is 14.5. The first-order valence-corrected chi connectivity index (χ1v) is 9.06. The minimum Gasteiger partial charge on any atom is -0.349 e. The molecule has 2 atom stereocenters. The van der Waals surface area contributed by atoms with E-state index in [4.69, 9.17) is 0 Å². The number of pyridine rings is 1. The predicted molar refractivity (Wildman–Crippen MR) is 93.7 cm³/mol. The Morgan fingerprint density at radius 2 is 2.12 bits per heavy atom. The van der Waals surface area contributed by atoms with Crippen molar-refractivity contribution in [2.24, 2.45) is 5.92 Å². The Hall–Kier alpha value is -2.21. The molecule has 24 heavy (non-hydrogen) atoms. The number of likely N-dealkylation sites (tertiary alicyclic amines) is 1. The van der Waals surface area contributed by atoms with Crippen LogP contribution in [0.3, 0.4) is 0 Å². The molecular formula is C18H21N3O2S. The molecule has 0 unspecified atom stereocenters. The van der Waals surface area contributed by atoms with Gasteiger partial charge in [-0.05, 0) is 48.9 Å². The predicted octanol–water partition coefficient (Wildman–Crippen LogP) is 2.87. The van der Waals surface area contributed by atoms with Crippen LogP contribution >= 0.6 is 11.3 Å². The van der Waals surface area contributed by atoms with Crippen molar-refractivity contribution < 1.29 is 9.59 Å². The maximum absolute atomic E-state index is 12.6. The third kappa shape index (κ3) is 3.82. The second-order valence-corrected chi connectivity index (χ2v) is 7.03. The normalized spacial score (nSPS) is 18.9. The molecule has 0 aliphatic carbocycles. The van der Waals surface area contributed by atoms with Crippen LogP contribution in [0.5, 0.6) is 0 Å². The fraction of sp³-hybridized carbons (Fsp3) is 0.389. The summed E-state index contributed by atoms with van der Waals surface area (Å²) in [6.45, 7) is 3.18. The van der Waals surface area contributed by atoms with Crippen molar-refractivity contribution in [3.05, 3.63) is 52.5 Å². The third-order valence-electron chi connectivity index (χ3n) is 4.38. The van der Waals surface area contributed by atoms with E-state index in [9.17, 15) is 9.59 Å². The van der Waals surface area contributed by atoms with Crippen molar-refractivity contribution in [2.45, 2.75) is 25.8 Å². The van der Waals surface area contributed by atoms with Crippen molar-refractivity contribution in [2.75, 3.05) is 13.1 Å². The van der Waals surface area contributed by atoms with Gasteiger partial charge in [-0.1, -0.05) is 6.07 Å². The van der Waals surface area contributed by atoms with Gasteiger partial charge in [0.2, 0.25) is 5.91 Å². The van der Waals surface area contributed by atoms with Gasteiger partial charge in [0.25, 0.3) is 5.91 Å². The Morgan fingerprint density at radius 3 is 2.83 bits per heavy atom. The van der Waals surface area contributed by atoms with Crippen LogP contribution in [-0.2, 0) is 4.79 Å². The quantitative estimate of drug-likeness (QED) is 0.928. The minimum atomic E-state index is -0.146. The summed E-state index contributed by atoms with van der Waals surface area (Å²) in [6.07, 6.45) is 5.13. The Balaban J connectivity index is 1.60. The molecule has 1 aliphatic rings. The maximum Gasteiger partial charge on any atom is 0.263 e. The lowest BCUT2D eigenvalue weighted by molar-refractivity contribution is -0.127. The molecule has 2 aromatic rings. The summed E-state index contributed by atoms with van der Waals surface area (Å²) in [5, 5.41) is 4.96. The molecule has 1 fully saturated rings. The number of nitrogens with zero attached hydrogens (tertiary/aromatic N) is 2. The molecule has 2 aromatic heterocycles. The van der Waals surface area contributed by atoms with E-state index < -0.39 is 0 Å². The molecule has 0 spiro atoms. The Kier molecular flexibility index (Phi) is 5.25. The number of nitrogens with one attached hydrogen (secondary N) is 1. The molecule has 1 N–H and O–H groups in total. The monoisotopic (exact) mass is 343 g/mol. The Morgan fingerprint density at radius 1 is 1.33 bits per heavy atom. The van der Waals surface area contributed by atoms with Crippen LogP contribution < -0.4 is 5.32 Å². The molecule has 5 nitrogen and oxygen atoms in total. The van der Waals surface area contributed by atoms with Crippen LogP contribution in [0.15, 0.2) is 42.0 Å². The van der Waals surface area contributed by atoms with Gasteiger partial charge in [0.05, 0.1) is 16.8 Å². The molecule has 0 radical (unpaired) electrons. The lowest BCUT2D eigenvalue weighted by atomic mass is 9.96. The Bertz CT molecular complexity index is 688. The van der Waals surface area contributed by atoms with Crippen LogP contribution in [0.1, 0.15) is 41.0 Å². The summed E-state index contributed by atoms with van der Waals surface area (Å²) in [5.74, 6) is -0.0976. The molecular weight excluding hydrogens is 322 g/mol. The molecule has 3 heterocycles. The summed E-state index contributed by atoms with van der Waals surface area (Å²) in [6, 6.07) is 7.45. The fourth-order valence-corrected chi connectivity index (χ4v) is 3.69. The van der Waals surface area contributed by atoms with Crippen LogP contribution in [-0.4, -0.2) is 34.8 Å². The van der Waals surface area contributed by atoms with E-state index >= 15 is 0 Å². The van der Waals surface area contributed by atoms with Gasteiger partial charge in [-0.15, -0.1) is 11.3 Å². The highest BCUT2D eigenvalue weighted by Crippen LogP contribution is 2.22. The van der Waals surface area contributed by atoms with Crippen molar-refractivity contribution in [1.29, 1.82) is 0 Å². The number of hydrogen-bond acceptors (Lipinski definition) is 4. The summed E-state index contributed by atoms with van der Waals surface area (Å²) >= 11 is 1.44. The van der Waals surface area contributed by atoms with E-state index in [0.29, 0.717) is 6.54 Å². The van der Waals surface area contributed by atoms with Crippen molar-refractivity contribution >= 4 is 23.2 Å². The molecule has 126 valence electrons. The van der Waals surface area contributed by atoms with E-state index in [1.807, 2.05) is 36.6 Å². The van der Waals surface area contributed by atoms with Crippen LogP contribution in [0.25, 0.3) is 0 Å². The first-order valence-electron chi connectivity index (χ1n) is 8.18. The van der Waals surface area contributed by atoms with Crippen LogP contribution in [0.2, 0.25) is 0 Å². The minimum absolute atomic E-state index is 0.0167. The van der Waals surface area contributed by atoms with E-state index in [0.717, 1.165) is 29.8 Å². The molecule has 0 bridgehead atoms. The first kappa shape index (κ1) is 16.6. The number of carbonyl (C=O) groups excluding carboxylic acids is 2. The van der Waals surface area contributed by atoms with Crippen molar-refractivity contribution in [3.63, 3.8) is 0 Å². The number of thiophene rings is 1. The highest BCUT2D eigenvalue weighted by atomic mass is 32.1.